The van der Waals surface area contributed by atoms with E-state index < -0.39 is 10.0 Å². The van der Waals surface area contributed by atoms with Crippen molar-refractivity contribution in [2.75, 3.05) is 11.8 Å². The second-order valence-electron chi connectivity index (χ2n) is 5.06. The molecule has 106 valence electrons. The maximum absolute atomic E-state index is 11.9. The predicted molar refractivity (Wildman–Crippen MR) is 78.6 cm³/mol. The zero-order valence-corrected chi connectivity index (χ0v) is 12.2. The number of hydrogen-bond donors (Lipinski definition) is 1. The highest BCUT2D eigenvalue weighted by atomic mass is 32.2. The fourth-order valence-electron chi connectivity index (χ4n) is 2.16. The molecule has 1 fully saturated rings. The molecule has 0 bridgehead atoms. The van der Waals surface area contributed by atoms with Crippen molar-refractivity contribution < 1.29 is 13.2 Å². The summed E-state index contributed by atoms with van der Waals surface area (Å²) >= 11 is 0. The van der Waals surface area contributed by atoms with Crippen LogP contribution in [0.2, 0.25) is 0 Å². The summed E-state index contributed by atoms with van der Waals surface area (Å²) in [7, 11) is -1.65. The summed E-state index contributed by atoms with van der Waals surface area (Å²) < 4.78 is 31.6. The molecule has 1 aliphatic rings. The summed E-state index contributed by atoms with van der Waals surface area (Å²) in [5, 5.41) is 0.690. The number of methoxy groups -OCH3 is 1. The number of aromatic nitrogens is 1. The topological polar surface area (TPSA) is 68.3 Å². The Kier molecular flexibility index (Phi) is 3.05. The molecule has 1 saturated carbocycles. The maximum Gasteiger partial charge on any atom is 0.235 e. The van der Waals surface area contributed by atoms with Crippen molar-refractivity contribution >= 4 is 26.6 Å². The van der Waals surface area contributed by atoms with Crippen molar-refractivity contribution in [1.82, 2.24) is 4.98 Å². The van der Waals surface area contributed by atoms with Crippen LogP contribution >= 0.6 is 0 Å². The van der Waals surface area contributed by atoms with Crippen LogP contribution in [-0.4, -0.2) is 25.8 Å². The quantitative estimate of drug-likeness (QED) is 0.940. The summed E-state index contributed by atoms with van der Waals surface area (Å²) in [6.45, 7) is 1.95. The Morgan fingerprint density at radius 2 is 2.05 bits per heavy atom. The van der Waals surface area contributed by atoms with Crippen LogP contribution in [0, 0.1) is 6.92 Å². The maximum atomic E-state index is 11.9. The normalized spacial score (nSPS) is 15.3. The average molecular weight is 292 g/mol. The van der Waals surface area contributed by atoms with E-state index in [1.807, 2.05) is 19.1 Å². The first-order chi connectivity index (χ1) is 9.49. The summed E-state index contributed by atoms with van der Waals surface area (Å²) in [5.41, 5.74) is 2.37. The molecule has 1 N–H and O–H groups in total. The second kappa shape index (κ2) is 4.63. The summed E-state index contributed by atoms with van der Waals surface area (Å²) in [5.74, 6) is 0.557. The van der Waals surface area contributed by atoms with E-state index in [0.29, 0.717) is 11.6 Å². The van der Waals surface area contributed by atoms with Gasteiger partial charge in [-0.1, -0.05) is 0 Å². The molecule has 1 aromatic heterocycles. The van der Waals surface area contributed by atoms with Gasteiger partial charge in [0.2, 0.25) is 15.9 Å². The standard InChI is InChI=1S/C14H16N2O3S/c1-9-7-14(19-2)15-13-6-3-10(8-12(9)13)16-20(17,18)11-4-5-11/h3,6-8,11,16H,4-5H2,1-2H3. The summed E-state index contributed by atoms with van der Waals surface area (Å²) in [4.78, 5) is 4.34. The molecule has 6 heteroatoms. The van der Waals surface area contributed by atoms with E-state index in [-0.39, 0.29) is 5.25 Å². The summed E-state index contributed by atoms with van der Waals surface area (Å²) in [6.07, 6.45) is 1.50. The van der Waals surface area contributed by atoms with E-state index in [0.717, 1.165) is 29.3 Å². The molecule has 2 aromatic rings. The van der Waals surface area contributed by atoms with Gasteiger partial charge in [-0.2, -0.15) is 0 Å². The first-order valence-corrected chi connectivity index (χ1v) is 8.01. The molecule has 0 aliphatic heterocycles. The number of pyridine rings is 1. The van der Waals surface area contributed by atoms with Crippen molar-refractivity contribution in [3.63, 3.8) is 0 Å². The lowest BCUT2D eigenvalue weighted by Crippen LogP contribution is -2.17. The molecular formula is C14H16N2O3S. The van der Waals surface area contributed by atoms with Gasteiger partial charge in [0, 0.05) is 17.1 Å². The van der Waals surface area contributed by atoms with Crippen LogP contribution < -0.4 is 9.46 Å². The van der Waals surface area contributed by atoms with Gasteiger partial charge in [0.25, 0.3) is 0 Å². The van der Waals surface area contributed by atoms with E-state index in [1.54, 1.807) is 19.2 Å². The molecule has 1 aromatic carbocycles. The van der Waals surface area contributed by atoms with Crippen LogP contribution in [0.4, 0.5) is 5.69 Å². The van der Waals surface area contributed by atoms with Gasteiger partial charge in [0.1, 0.15) is 0 Å². The van der Waals surface area contributed by atoms with Crippen molar-refractivity contribution in [2.45, 2.75) is 25.0 Å². The molecule has 0 saturated heterocycles. The van der Waals surface area contributed by atoms with E-state index in [1.165, 1.54) is 0 Å². The molecule has 0 radical (unpaired) electrons. The Balaban J connectivity index is 2.00. The second-order valence-corrected chi connectivity index (χ2v) is 7.02. The van der Waals surface area contributed by atoms with Gasteiger partial charge < -0.3 is 4.74 Å². The minimum Gasteiger partial charge on any atom is -0.481 e. The minimum atomic E-state index is -3.23. The third kappa shape index (κ3) is 2.43. The number of nitrogens with zero attached hydrogens (tertiary/aromatic N) is 1. The summed E-state index contributed by atoms with van der Waals surface area (Å²) in [6, 6.07) is 7.18. The number of nitrogens with one attached hydrogen (secondary N) is 1. The highest BCUT2D eigenvalue weighted by Crippen LogP contribution is 2.31. The number of aryl methyl sites for hydroxylation is 1. The fraction of sp³-hybridized carbons (Fsp3) is 0.357. The molecule has 1 aliphatic carbocycles. The highest BCUT2D eigenvalue weighted by Gasteiger charge is 2.35. The van der Waals surface area contributed by atoms with E-state index in [9.17, 15) is 8.42 Å². The SMILES string of the molecule is COc1cc(C)c2cc(NS(=O)(=O)C3CC3)ccc2n1. The first kappa shape index (κ1) is 13.2. The van der Waals surface area contributed by atoms with E-state index in [2.05, 4.69) is 9.71 Å². The number of hydrogen-bond acceptors (Lipinski definition) is 4. The Morgan fingerprint density at radius 3 is 2.70 bits per heavy atom. The number of sulfonamides is 1. The largest absolute Gasteiger partial charge is 0.481 e. The van der Waals surface area contributed by atoms with Gasteiger partial charge in [-0.25, -0.2) is 13.4 Å². The van der Waals surface area contributed by atoms with Crippen LogP contribution in [0.15, 0.2) is 24.3 Å². The Bertz CT molecular complexity index is 767. The first-order valence-electron chi connectivity index (χ1n) is 6.46. The van der Waals surface area contributed by atoms with Crippen LogP contribution in [0.25, 0.3) is 10.9 Å². The van der Waals surface area contributed by atoms with Gasteiger partial charge in [-0.3, -0.25) is 4.72 Å². The molecule has 0 unspecified atom stereocenters. The average Bonchev–Trinajstić information content (AvgIpc) is 3.23. The molecule has 0 atom stereocenters. The van der Waals surface area contributed by atoms with Gasteiger partial charge in [0.05, 0.1) is 17.9 Å². The molecule has 5 nitrogen and oxygen atoms in total. The number of rotatable bonds is 4. The molecule has 1 heterocycles. The lowest BCUT2D eigenvalue weighted by atomic mass is 10.1. The zero-order chi connectivity index (χ0) is 14.3. The molecular weight excluding hydrogens is 276 g/mol. The Hall–Kier alpha value is -1.82. The number of anilines is 1. The Labute approximate surface area is 118 Å². The molecule has 0 spiro atoms. The van der Waals surface area contributed by atoms with Crippen LogP contribution in [0.3, 0.4) is 0 Å². The number of benzene rings is 1. The van der Waals surface area contributed by atoms with Gasteiger partial charge in [0.15, 0.2) is 0 Å². The van der Waals surface area contributed by atoms with Gasteiger partial charge in [-0.15, -0.1) is 0 Å². The third-order valence-corrected chi connectivity index (χ3v) is 5.29. The van der Waals surface area contributed by atoms with Crippen molar-refractivity contribution in [3.05, 3.63) is 29.8 Å². The number of ether oxygens (including phenoxy) is 1. The van der Waals surface area contributed by atoms with Crippen molar-refractivity contribution in [1.29, 1.82) is 0 Å². The van der Waals surface area contributed by atoms with E-state index >= 15 is 0 Å². The Morgan fingerprint density at radius 1 is 1.30 bits per heavy atom. The van der Waals surface area contributed by atoms with Crippen LogP contribution in [0.1, 0.15) is 18.4 Å². The molecule has 0 amide bonds. The van der Waals surface area contributed by atoms with Crippen molar-refractivity contribution in [3.8, 4) is 5.88 Å². The minimum absolute atomic E-state index is 0.228. The lowest BCUT2D eigenvalue weighted by Gasteiger charge is -2.10. The third-order valence-electron chi connectivity index (χ3n) is 3.42. The van der Waals surface area contributed by atoms with E-state index in [4.69, 9.17) is 4.74 Å². The molecule has 20 heavy (non-hydrogen) atoms. The van der Waals surface area contributed by atoms with Crippen LogP contribution in [0.5, 0.6) is 5.88 Å². The van der Waals surface area contributed by atoms with Crippen LogP contribution in [-0.2, 0) is 10.0 Å². The number of fused-ring (bicyclic) bond motifs is 1. The van der Waals surface area contributed by atoms with Gasteiger partial charge >= 0.3 is 0 Å². The molecule has 3 rings (SSSR count). The smallest absolute Gasteiger partial charge is 0.235 e. The lowest BCUT2D eigenvalue weighted by molar-refractivity contribution is 0.399. The fourth-order valence-corrected chi connectivity index (χ4v) is 3.54. The highest BCUT2D eigenvalue weighted by molar-refractivity contribution is 7.93. The monoisotopic (exact) mass is 292 g/mol. The zero-order valence-electron chi connectivity index (χ0n) is 11.4. The predicted octanol–water partition coefficient (Wildman–Crippen LogP) is 2.46. The van der Waals surface area contributed by atoms with Crippen molar-refractivity contribution in [2.24, 2.45) is 0 Å². The van der Waals surface area contributed by atoms with Gasteiger partial charge in [-0.05, 0) is 43.5 Å².